The monoisotopic (exact) mass is 338 g/mol. The van der Waals surface area contributed by atoms with Crippen molar-refractivity contribution in [2.45, 2.75) is 26.8 Å². The minimum Gasteiger partial charge on any atom is -0.451 e. The molecule has 1 atom stereocenters. The van der Waals surface area contributed by atoms with Gasteiger partial charge in [-0.1, -0.05) is 19.9 Å². The minimum atomic E-state index is -0.577. The maximum absolute atomic E-state index is 11.9. The highest BCUT2D eigenvalue weighted by Gasteiger charge is 2.16. The molecule has 0 spiro atoms. The van der Waals surface area contributed by atoms with E-state index < -0.39 is 5.97 Å². The predicted molar refractivity (Wildman–Crippen MR) is 88.2 cm³/mol. The molecule has 1 N–H and O–H groups in total. The summed E-state index contributed by atoms with van der Waals surface area (Å²) in [6.07, 6.45) is 0. The Morgan fingerprint density at radius 1 is 1.32 bits per heavy atom. The molecule has 0 aromatic carbocycles. The van der Waals surface area contributed by atoms with Gasteiger partial charge < -0.3 is 10.1 Å². The van der Waals surface area contributed by atoms with E-state index in [0.717, 1.165) is 9.88 Å². The van der Waals surface area contributed by atoms with Crippen molar-refractivity contribution in [1.82, 2.24) is 10.3 Å². The summed E-state index contributed by atoms with van der Waals surface area (Å²) in [6, 6.07) is 3.91. The Balaban J connectivity index is 1.86. The van der Waals surface area contributed by atoms with Crippen molar-refractivity contribution in [3.63, 3.8) is 0 Å². The first-order valence-electron chi connectivity index (χ1n) is 6.93. The topological polar surface area (TPSA) is 68.3 Å². The number of carbonyl (C=O) groups excluding carboxylic acids is 2. The Hall–Kier alpha value is -1.73. The zero-order chi connectivity index (χ0) is 16.1. The lowest BCUT2D eigenvalue weighted by atomic mass is 10.1. The first-order valence-corrected chi connectivity index (χ1v) is 8.69. The number of hydrogen-bond donors (Lipinski definition) is 1. The van der Waals surface area contributed by atoms with E-state index in [-0.39, 0.29) is 24.2 Å². The first kappa shape index (κ1) is 16.6. The van der Waals surface area contributed by atoms with E-state index in [2.05, 4.69) is 10.3 Å². The number of rotatable bonds is 6. The van der Waals surface area contributed by atoms with E-state index >= 15 is 0 Å². The van der Waals surface area contributed by atoms with Gasteiger partial charge >= 0.3 is 5.97 Å². The second kappa shape index (κ2) is 7.51. The average Bonchev–Trinajstić information content (AvgIpc) is 3.14. The number of carbonyl (C=O) groups is 2. The zero-order valence-corrected chi connectivity index (χ0v) is 14.3. The van der Waals surface area contributed by atoms with Crippen LogP contribution in [0.2, 0.25) is 0 Å². The molecule has 0 aliphatic rings. The fraction of sp³-hybridized carbons (Fsp3) is 0.400. The number of ether oxygens (including phenoxy) is 1. The van der Waals surface area contributed by atoms with Crippen LogP contribution in [0.3, 0.4) is 0 Å². The summed E-state index contributed by atoms with van der Waals surface area (Å²) in [5, 5.41) is 7.16. The van der Waals surface area contributed by atoms with Crippen molar-refractivity contribution in [2.24, 2.45) is 5.92 Å². The van der Waals surface area contributed by atoms with Gasteiger partial charge in [0.05, 0.1) is 4.88 Å². The quantitative estimate of drug-likeness (QED) is 0.821. The third-order valence-electron chi connectivity index (χ3n) is 3.17. The zero-order valence-electron chi connectivity index (χ0n) is 12.7. The summed E-state index contributed by atoms with van der Waals surface area (Å²) in [5.74, 6) is -0.554. The molecule has 0 aliphatic carbocycles. The lowest BCUT2D eigenvalue weighted by Crippen LogP contribution is -2.38. The summed E-state index contributed by atoms with van der Waals surface area (Å²) in [5.41, 5.74) is 0.234. The second-order valence-corrected chi connectivity index (χ2v) is 7.00. The molecule has 0 bridgehead atoms. The molecule has 1 amide bonds. The molecule has 0 aliphatic heterocycles. The number of hydrogen-bond acceptors (Lipinski definition) is 6. The largest absolute Gasteiger partial charge is 0.451 e. The predicted octanol–water partition coefficient (Wildman–Crippen LogP) is 3.19. The fourth-order valence-electron chi connectivity index (χ4n) is 1.55. The third kappa shape index (κ3) is 4.38. The SMILES string of the molecule is CC(C)C(C)NC(=O)COC(=O)c1csc(-c2cccs2)n1. The number of aromatic nitrogens is 1. The number of thiophene rings is 1. The molecule has 0 radical (unpaired) electrons. The van der Waals surface area contributed by atoms with Gasteiger partial charge in [-0.2, -0.15) is 0 Å². The molecular formula is C15H18N2O3S2. The maximum atomic E-state index is 11.9. The summed E-state index contributed by atoms with van der Waals surface area (Å²) in [7, 11) is 0. The van der Waals surface area contributed by atoms with Crippen LogP contribution in [0.15, 0.2) is 22.9 Å². The van der Waals surface area contributed by atoms with E-state index in [1.165, 1.54) is 11.3 Å². The molecule has 22 heavy (non-hydrogen) atoms. The van der Waals surface area contributed by atoms with Crippen molar-refractivity contribution >= 4 is 34.6 Å². The van der Waals surface area contributed by atoms with E-state index in [0.29, 0.717) is 5.92 Å². The van der Waals surface area contributed by atoms with Crippen LogP contribution in [0.5, 0.6) is 0 Å². The van der Waals surface area contributed by atoms with Crippen molar-refractivity contribution in [3.05, 3.63) is 28.6 Å². The number of nitrogens with zero attached hydrogens (tertiary/aromatic N) is 1. The summed E-state index contributed by atoms with van der Waals surface area (Å²) >= 11 is 2.94. The van der Waals surface area contributed by atoms with E-state index in [1.54, 1.807) is 16.7 Å². The highest BCUT2D eigenvalue weighted by atomic mass is 32.1. The highest BCUT2D eigenvalue weighted by molar-refractivity contribution is 7.20. The number of esters is 1. The Labute approximate surface area is 137 Å². The molecule has 2 aromatic rings. The Bertz CT molecular complexity index is 635. The molecule has 2 heterocycles. The Morgan fingerprint density at radius 2 is 2.09 bits per heavy atom. The van der Waals surface area contributed by atoms with Crippen LogP contribution in [0.1, 0.15) is 31.3 Å². The van der Waals surface area contributed by atoms with E-state index in [4.69, 9.17) is 4.74 Å². The molecule has 2 rings (SSSR count). The van der Waals surface area contributed by atoms with Gasteiger partial charge in [0, 0.05) is 11.4 Å². The third-order valence-corrected chi connectivity index (χ3v) is 5.05. The number of amides is 1. The number of nitrogens with one attached hydrogen (secondary N) is 1. The maximum Gasteiger partial charge on any atom is 0.358 e. The fourth-order valence-corrected chi connectivity index (χ4v) is 3.15. The van der Waals surface area contributed by atoms with Crippen LogP contribution < -0.4 is 5.32 Å². The van der Waals surface area contributed by atoms with E-state index in [9.17, 15) is 9.59 Å². The molecule has 0 saturated heterocycles. The first-order chi connectivity index (χ1) is 10.5. The molecule has 0 fully saturated rings. The molecule has 5 nitrogen and oxygen atoms in total. The second-order valence-electron chi connectivity index (χ2n) is 5.19. The van der Waals surface area contributed by atoms with Gasteiger partial charge in [-0.15, -0.1) is 22.7 Å². The van der Waals surface area contributed by atoms with Crippen LogP contribution in [-0.2, 0) is 9.53 Å². The lowest BCUT2D eigenvalue weighted by molar-refractivity contribution is -0.125. The minimum absolute atomic E-state index is 0.0379. The van der Waals surface area contributed by atoms with Crippen molar-refractivity contribution < 1.29 is 14.3 Å². The summed E-state index contributed by atoms with van der Waals surface area (Å²) in [6.45, 7) is 5.65. The number of thiazole rings is 1. The molecular weight excluding hydrogens is 320 g/mol. The van der Waals surface area contributed by atoms with E-state index in [1.807, 2.05) is 38.3 Å². The van der Waals surface area contributed by atoms with Gasteiger partial charge in [-0.25, -0.2) is 9.78 Å². The van der Waals surface area contributed by atoms with Crippen molar-refractivity contribution in [3.8, 4) is 9.88 Å². The van der Waals surface area contributed by atoms with Crippen LogP contribution >= 0.6 is 22.7 Å². The smallest absolute Gasteiger partial charge is 0.358 e. The molecule has 7 heteroatoms. The average molecular weight is 338 g/mol. The van der Waals surface area contributed by atoms with Crippen LogP contribution in [0.25, 0.3) is 9.88 Å². The van der Waals surface area contributed by atoms with Gasteiger partial charge in [-0.3, -0.25) is 4.79 Å². The van der Waals surface area contributed by atoms with Crippen molar-refractivity contribution in [2.75, 3.05) is 6.61 Å². The van der Waals surface area contributed by atoms with Crippen LogP contribution in [0.4, 0.5) is 0 Å². The molecule has 118 valence electrons. The molecule has 1 unspecified atom stereocenters. The van der Waals surface area contributed by atoms with Gasteiger partial charge in [0.2, 0.25) is 0 Å². The summed E-state index contributed by atoms with van der Waals surface area (Å²) in [4.78, 5) is 28.8. The molecule has 0 saturated carbocycles. The van der Waals surface area contributed by atoms with Gasteiger partial charge in [-0.05, 0) is 24.3 Å². The Morgan fingerprint density at radius 3 is 2.73 bits per heavy atom. The van der Waals surface area contributed by atoms with Crippen LogP contribution in [0, 0.1) is 5.92 Å². The van der Waals surface area contributed by atoms with Gasteiger partial charge in [0.15, 0.2) is 12.3 Å². The normalized spacial score (nSPS) is 12.2. The van der Waals surface area contributed by atoms with Gasteiger partial charge in [0.1, 0.15) is 5.01 Å². The van der Waals surface area contributed by atoms with Crippen LogP contribution in [-0.4, -0.2) is 29.5 Å². The summed E-state index contributed by atoms with van der Waals surface area (Å²) < 4.78 is 5.00. The van der Waals surface area contributed by atoms with Crippen molar-refractivity contribution in [1.29, 1.82) is 0 Å². The standard InChI is InChI=1S/C15H18N2O3S2/c1-9(2)10(3)16-13(18)7-20-15(19)11-8-22-14(17-11)12-5-4-6-21-12/h4-6,8-10H,7H2,1-3H3,(H,16,18). The highest BCUT2D eigenvalue weighted by Crippen LogP contribution is 2.27. The lowest BCUT2D eigenvalue weighted by Gasteiger charge is -2.17. The molecule has 2 aromatic heterocycles. The Kier molecular flexibility index (Phi) is 5.68. The van der Waals surface area contributed by atoms with Gasteiger partial charge in [0.25, 0.3) is 5.91 Å².